The minimum atomic E-state index is -0.553. The van der Waals surface area contributed by atoms with Gasteiger partial charge in [-0.25, -0.2) is 5.84 Å². The van der Waals surface area contributed by atoms with E-state index in [1.165, 1.54) is 0 Å². The van der Waals surface area contributed by atoms with Crippen LogP contribution < -0.4 is 11.2 Å². The maximum absolute atomic E-state index is 12.4. The van der Waals surface area contributed by atoms with Crippen LogP contribution in [0.25, 0.3) is 0 Å². The van der Waals surface area contributed by atoms with Crippen molar-refractivity contribution in [1.82, 2.24) is 10.3 Å². The van der Waals surface area contributed by atoms with Crippen LogP contribution in [-0.2, 0) is 22.6 Å². The maximum atomic E-state index is 12.4. The Bertz CT molecular complexity index is 1000. The molecule has 1 amide bonds. The van der Waals surface area contributed by atoms with Gasteiger partial charge in [0.05, 0.1) is 13.0 Å². The van der Waals surface area contributed by atoms with Crippen molar-refractivity contribution in [1.29, 1.82) is 0 Å². The summed E-state index contributed by atoms with van der Waals surface area (Å²) >= 11 is 0. The second-order valence-electron chi connectivity index (χ2n) is 9.10. The van der Waals surface area contributed by atoms with E-state index in [0.29, 0.717) is 18.7 Å². The molecule has 0 saturated heterocycles. The van der Waals surface area contributed by atoms with E-state index in [1.54, 1.807) is 17.1 Å². The van der Waals surface area contributed by atoms with Crippen molar-refractivity contribution in [3.05, 3.63) is 94.7 Å². The van der Waals surface area contributed by atoms with E-state index in [4.69, 9.17) is 10.6 Å². The fraction of sp³-hybridized carbons (Fsp3) is 0.333. The molecule has 33 heavy (non-hydrogen) atoms. The molecule has 0 aromatic heterocycles. The van der Waals surface area contributed by atoms with Gasteiger partial charge in [-0.05, 0) is 63.5 Å². The first-order valence-corrected chi connectivity index (χ1v) is 11.0. The number of carbonyl (C=O) groups is 2. The number of ether oxygens (including phenoxy) is 1. The summed E-state index contributed by atoms with van der Waals surface area (Å²) in [5.74, 6) is 5.85. The predicted molar refractivity (Wildman–Crippen MR) is 132 cm³/mol. The topological polar surface area (TPSA) is 84.7 Å². The standard InChI is InChI=1S/C27H35N3O3/c1-19(2)24(16-25(31)33-27(4,5)6)20(3)30(28)18-22-12-14-23(15-13-22)26(32)29-17-21-10-8-7-9-11-21/h7-15H,1,16-18,28H2,2-6H3,(H,29,32)/b24-20-. The van der Waals surface area contributed by atoms with Crippen LogP contribution in [0.5, 0.6) is 0 Å². The van der Waals surface area contributed by atoms with Gasteiger partial charge in [0, 0.05) is 17.8 Å². The van der Waals surface area contributed by atoms with Gasteiger partial charge in [0.25, 0.3) is 5.91 Å². The molecule has 0 aliphatic carbocycles. The summed E-state index contributed by atoms with van der Waals surface area (Å²) in [4.78, 5) is 24.7. The summed E-state index contributed by atoms with van der Waals surface area (Å²) in [6.45, 7) is 14.1. The van der Waals surface area contributed by atoms with E-state index in [0.717, 1.165) is 28.0 Å². The van der Waals surface area contributed by atoms with Crippen LogP contribution in [0.15, 0.2) is 78.0 Å². The number of carbonyl (C=O) groups excluding carboxylic acids is 2. The van der Waals surface area contributed by atoms with Crippen LogP contribution in [-0.4, -0.2) is 22.5 Å². The Morgan fingerprint density at radius 1 is 1.00 bits per heavy atom. The van der Waals surface area contributed by atoms with Crippen LogP contribution in [0.4, 0.5) is 0 Å². The van der Waals surface area contributed by atoms with Crippen molar-refractivity contribution >= 4 is 11.9 Å². The van der Waals surface area contributed by atoms with Crippen molar-refractivity contribution in [2.24, 2.45) is 5.84 Å². The smallest absolute Gasteiger partial charge is 0.310 e. The van der Waals surface area contributed by atoms with Gasteiger partial charge in [0.2, 0.25) is 0 Å². The highest BCUT2D eigenvalue weighted by Crippen LogP contribution is 2.22. The number of esters is 1. The molecule has 0 radical (unpaired) electrons. The molecule has 0 aliphatic rings. The molecule has 0 fully saturated rings. The molecule has 0 atom stereocenters. The lowest BCUT2D eigenvalue weighted by molar-refractivity contribution is -0.153. The number of nitrogens with one attached hydrogen (secondary N) is 1. The highest BCUT2D eigenvalue weighted by atomic mass is 16.6. The van der Waals surface area contributed by atoms with Crippen LogP contribution in [0.3, 0.4) is 0 Å². The van der Waals surface area contributed by atoms with Gasteiger partial charge >= 0.3 is 5.97 Å². The fourth-order valence-corrected chi connectivity index (χ4v) is 3.24. The zero-order valence-corrected chi connectivity index (χ0v) is 20.3. The van der Waals surface area contributed by atoms with Crippen LogP contribution >= 0.6 is 0 Å². The van der Waals surface area contributed by atoms with Crippen molar-refractivity contribution in [2.45, 2.75) is 59.7 Å². The van der Waals surface area contributed by atoms with E-state index in [-0.39, 0.29) is 18.3 Å². The molecule has 6 nitrogen and oxygen atoms in total. The third-order valence-corrected chi connectivity index (χ3v) is 4.99. The number of hydrogen-bond acceptors (Lipinski definition) is 5. The highest BCUT2D eigenvalue weighted by Gasteiger charge is 2.20. The number of benzene rings is 2. The maximum Gasteiger partial charge on any atom is 0.310 e. The average Bonchev–Trinajstić information content (AvgIpc) is 2.75. The van der Waals surface area contributed by atoms with Crippen molar-refractivity contribution < 1.29 is 14.3 Å². The van der Waals surface area contributed by atoms with Crippen LogP contribution in [0.1, 0.15) is 62.5 Å². The van der Waals surface area contributed by atoms with Gasteiger partial charge < -0.3 is 15.1 Å². The first kappa shape index (κ1) is 25.9. The van der Waals surface area contributed by atoms with E-state index in [1.807, 2.05) is 77.1 Å². The van der Waals surface area contributed by atoms with Gasteiger partial charge in [0.15, 0.2) is 0 Å². The molecule has 6 heteroatoms. The zero-order chi connectivity index (χ0) is 24.6. The minimum Gasteiger partial charge on any atom is -0.460 e. The summed E-state index contributed by atoms with van der Waals surface area (Å²) < 4.78 is 5.44. The lowest BCUT2D eigenvalue weighted by Gasteiger charge is -2.25. The molecule has 0 aliphatic heterocycles. The summed E-state index contributed by atoms with van der Waals surface area (Å²) in [6, 6.07) is 17.1. The quantitative estimate of drug-likeness (QED) is 0.247. The molecule has 0 saturated carbocycles. The fourth-order valence-electron chi connectivity index (χ4n) is 3.24. The van der Waals surface area contributed by atoms with Crippen LogP contribution in [0.2, 0.25) is 0 Å². The van der Waals surface area contributed by atoms with E-state index < -0.39 is 5.60 Å². The molecular formula is C27H35N3O3. The molecule has 2 aromatic rings. The molecule has 176 valence electrons. The van der Waals surface area contributed by atoms with Crippen molar-refractivity contribution in [3.63, 3.8) is 0 Å². The van der Waals surface area contributed by atoms with Gasteiger partial charge in [-0.15, -0.1) is 0 Å². The van der Waals surface area contributed by atoms with E-state index >= 15 is 0 Å². The normalized spacial score (nSPS) is 11.9. The van der Waals surface area contributed by atoms with Crippen molar-refractivity contribution in [2.75, 3.05) is 0 Å². The number of hydrazine groups is 1. The Balaban J connectivity index is 2.02. The predicted octanol–water partition coefficient (Wildman–Crippen LogP) is 4.87. The lowest BCUT2D eigenvalue weighted by atomic mass is 10.0. The Labute approximate surface area is 197 Å². The number of nitrogens with zero attached hydrogens (tertiary/aromatic N) is 1. The highest BCUT2D eigenvalue weighted by molar-refractivity contribution is 5.94. The third-order valence-electron chi connectivity index (χ3n) is 4.99. The molecular weight excluding hydrogens is 414 g/mol. The van der Waals surface area contributed by atoms with Gasteiger partial charge in [-0.2, -0.15) is 0 Å². The Morgan fingerprint density at radius 2 is 1.61 bits per heavy atom. The summed E-state index contributed by atoms with van der Waals surface area (Å²) in [5, 5.41) is 4.50. The Morgan fingerprint density at radius 3 is 2.15 bits per heavy atom. The van der Waals surface area contributed by atoms with Gasteiger partial charge in [-0.3, -0.25) is 9.59 Å². The molecule has 0 heterocycles. The third kappa shape index (κ3) is 8.58. The molecule has 0 spiro atoms. The molecule has 2 aromatic carbocycles. The summed E-state index contributed by atoms with van der Waals surface area (Å²) in [5.41, 5.74) is 4.28. The Kier molecular flexibility index (Phi) is 9.00. The Hall–Kier alpha value is -3.38. The van der Waals surface area contributed by atoms with E-state index in [9.17, 15) is 9.59 Å². The van der Waals surface area contributed by atoms with Crippen molar-refractivity contribution in [3.8, 4) is 0 Å². The van der Waals surface area contributed by atoms with E-state index in [2.05, 4.69) is 11.9 Å². The minimum absolute atomic E-state index is 0.104. The summed E-state index contributed by atoms with van der Waals surface area (Å²) in [7, 11) is 0. The van der Waals surface area contributed by atoms with Gasteiger partial charge in [-0.1, -0.05) is 54.6 Å². The molecule has 3 N–H and O–H groups in total. The summed E-state index contributed by atoms with van der Waals surface area (Å²) in [6.07, 6.45) is 0.104. The zero-order valence-electron chi connectivity index (χ0n) is 20.3. The first-order valence-electron chi connectivity index (χ1n) is 11.0. The lowest BCUT2D eigenvalue weighted by Crippen LogP contribution is -2.30. The second-order valence-corrected chi connectivity index (χ2v) is 9.10. The molecule has 0 bridgehead atoms. The molecule has 0 unspecified atom stereocenters. The van der Waals surface area contributed by atoms with Crippen LogP contribution in [0, 0.1) is 0 Å². The average molecular weight is 450 g/mol. The number of rotatable bonds is 9. The monoisotopic (exact) mass is 449 g/mol. The number of allylic oxidation sites excluding steroid dienone is 2. The van der Waals surface area contributed by atoms with Gasteiger partial charge in [0.1, 0.15) is 5.60 Å². The number of amides is 1. The molecule has 2 rings (SSSR count). The number of nitrogens with two attached hydrogens (primary N) is 1. The SMILES string of the molecule is C=C(C)/C(CC(=O)OC(C)(C)C)=C(/C)N(N)Cc1ccc(C(=O)NCc2ccccc2)cc1. The largest absolute Gasteiger partial charge is 0.460 e. The first-order chi connectivity index (χ1) is 15.5. The number of hydrogen-bond donors (Lipinski definition) is 2. The second kappa shape index (κ2) is 11.5.